The molecule has 1 fully saturated rings. The highest BCUT2D eigenvalue weighted by Gasteiger charge is 2.44. The standard InChI is InChI=1S/C28H40O5S/c1-3-5-6-7-14-19-26(34(31)22-23-16-11-10-12-17-23)25-21-33-28(30)24(25)18-13-8-9-15-20-27(29)32-4-2/h8,10-14,16-17,19,24-26H,3-7,9,15,18,20-22H2,1-2H3. The van der Waals surface area contributed by atoms with E-state index in [-0.39, 0.29) is 29.0 Å². The van der Waals surface area contributed by atoms with E-state index in [2.05, 4.69) is 19.1 Å². The van der Waals surface area contributed by atoms with Crippen LogP contribution in [-0.4, -0.2) is 35.0 Å². The van der Waals surface area contributed by atoms with Crippen molar-refractivity contribution in [2.45, 2.75) is 76.2 Å². The third kappa shape index (κ3) is 10.1. The lowest BCUT2D eigenvalue weighted by atomic mass is 9.88. The number of unbranched alkanes of at least 4 members (excludes halogenated alkanes) is 4. The van der Waals surface area contributed by atoms with Gasteiger partial charge in [0.15, 0.2) is 0 Å². The highest BCUT2D eigenvalue weighted by molar-refractivity contribution is 7.91. The molecule has 1 aromatic rings. The molecule has 0 saturated carbocycles. The molecule has 1 aliphatic heterocycles. The molecule has 0 aliphatic carbocycles. The van der Waals surface area contributed by atoms with E-state index in [0.717, 1.165) is 37.7 Å². The third-order valence-corrected chi connectivity index (χ3v) is 7.76. The van der Waals surface area contributed by atoms with Crippen molar-refractivity contribution in [2.75, 3.05) is 13.2 Å². The normalized spacial score (nSPS) is 20.0. The van der Waals surface area contributed by atoms with Crippen LogP contribution in [0, 0.1) is 11.8 Å². The molecular weight excluding hydrogens is 448 g/mol. The molecule has 6 heteroatoms. The number of hydrogen-bond acceptors (Lipinski definition) is 5. The Morgan fingerprint density at radius 3 is 2.65 bits per heavy atom. The minimum absolute atomic E-state index is 0.108. The molecular formula is C28H40O5S. The number of allylic oxidation sites excluding steroid dienone is 3. The molecule has 0 aromatic heterocycles. The molecule has 0 amide bonds. The summed E-state index contributed by atoms with van der Waals surface area (Å²) in [5.41, 5.74) is 1.04. The quantitative estimate of drug-likeness (QED) is 0.125. The predicted molar refractivity (Wildman–Crippen MR) is 138 cm³/mol. The molecule has 1 aliphatic rings. The number of ether oxygens (including phenoxy) is 2. The van der Waals surface area contributed by atoms with Crippen LogP contribution in [0.3, 0.4) is 0 Å². The van der Waals surface area contributed by atoms with Gasteiger partial charge in [-0.2, -0.15) is 0 Å². The van der Waals surface area contributed by atoms with Crippen molar-refractivity contribution >= 4 is 23.1 Å². The summed E-state index contributed by atoms with van der Waals surface area (Å²) in [6, 6.07) is 9.86. The van der Waals surface area contributed by atoms with Crippen LogP contribution in [0.4, 0.5) is 0 Å². The first-order valence-corrected chi connectivity index (χ1v) is 14.0. The molecule has 1 heterocycles. The Hall–Kier alpha value is -2.05. The fourth-order valence-electron chi connectivity index (χ4n) is 4.13. The van der Waals surface area contributed by atoms with Gasteiger partial charge in [0.25, 0.3) is 0 Å². The summed E-state index contributed by atoms with van der Waals surface area (Å²) >= 11 is -1.15. The van der Waals surface area contributed by atoms with Gasteiger partial charge in [0.1, 0.15) is 17.6 Å². The highest BCUT2D eigenvalue weighted by Crippen LogP contribution is 2.34. The lowest BCUT2D eigenvalue weighted by Gasteiger charge is -2.26. The third-order valence-electron chi connectivity index (χ3n) is 6.03. The van der Waals surface area contributed by atoms with E-state index in [1.54, 1.807) is 6.92 Å². The maximum absolute atomic E-state index is 13.4. The van der Waals surface area contributed by atoms with Crippen molar-refractivity contribution in [3.63, 3.8) is 0 Å². The SMILES string of the molecule is CCCCCC=CC(C1COC(=O)C1CC=CCCCC(=O)OCC)[S+]([O-])Cc1ccccc1. The Morgan fingerprint density at radius 2 is 1.91 bits per heavy atom. The predicted octanol–water partition coefficient (Wildman–Crippen LogP) is 5.91. The monoisotopic (exact) mass is 488 g/mol. The molecule has 4 unspecified atom stereocenters. The van der Waals surface area contributed by atoms with E-state index in [1.807, 2.05) is 42.5 Å². The average molecular weight is 489 g/mol. The van der Waals surface area contributed by atoms with Gasteiger partial charge < -0.3 is 14.0 Å². The van der Waals surface area contributed by atoms with E-state index in [9.17, 15) is 14.1 Å². The molecule has 1 saturated heterocycles. The van der Waals surface area contributed by atoms with Crippen LogP contribution in [0.25, 0.3) is 0 Å². The number of rotatable bonds is 16. The smallest absolute Gasteiger partial charge is 0.309 e. The van der Waals surface area contributed by atoms with Crippen LogP contribution >= 0.6 is 0 Å². The van der Waals surface area contributed by atoms with Crippen molar-refractivity contribution in [3.8, 4) is 0 Å². The van der Waals surface area contributed by atoms with Gasteiger partial charge in [-0.25, -0.2) is 0 Å². The Kier molecular flexibility index (Phi) is 13.7. The largest absolute Gasteiger partial charge is 0.616 e. The summed E-state index contributed by atoms with van der Waals surface area (Å²) in [6.07, 6.45) is 15.1. The maximum atomic E-state index is 13.4. The molecule has 0 bridgehead atoms. The first-order chi connectivity index (χ1) is 16.6. The number of cyclic esters (lactones) is 1. The summed E-state index contributed by atoms with van der Waals surface area (Å²) in [5.74, 6) is -0.326. The van der Waals surface area contributed by atoms with Crippen LogP contribution in [0.5, 0.6) is 0 Å². The minimum Gasteiger partial charge on any atom is -0.616 e. The fraction of sp³-hybridized carbons (Fsp3) is 0.571. The van der Waals surface area contributed by atoms with E-state index in [4.69, 9.17) is 9.47 Å². The van der Waals surface area contributed by atoms with E-state index in [0.29, 0.717) is 31.8 Å². The zero-order chi connectivity index (χ0) is 24.6. The summed E-state index contributed by atoms with van der Waals surface area (Å²) in [6.45, 7) is 4.69. The summed E-state index contributed by atoms with van der Waals surface area (Å²) in [4.78, 5) is 24.0. The van der Waals surface area contributed by atoms with Gasteiger partial charge in [-0.15, -0.1) is 0 Å². The van der Waals surface area contributed by atoms with Crippen LogP contribution in [0.1, 0.15) is 70.8 Å². The Balaban J connectivity index is 2.00. The number of carbonyl (C=O) groups is 2. The molecule has 188 valence electrons. The number of benzene rings is 1. The molecule has 0 N–H and O–H groups in total. The van der Waals surface area contributed by atoms with Gasteiger partial charge in [0.05, 0.1) is 18.4 Å². The lowest BCUT2D eigenvalue weighted by Crippen LogP contribution is -2.34. The number of carbonyl (C=O) groups excluding carboxylic acids is 2. The average Bonchev–Trinajstić information content (AvgIpc) is 3.19. The first kappa shape index (κ1) is 28.2. The Morgan fingerprint density at radius 1 is 1.15 bits per heavy atom. The van der Waals surface area contributed by atoms with Crippen LogP contribution in [-0.2, 0) is 36.0 Å². The maximum Gasteiger partial charge on any atom is 0.309 e. The molecule has 2 rings (SSSR count). The van der Waals surface area contributed by atoms with Crippen molar-refractivity contribution in [2.24, 2.45) is 11.8 Å². The molecule has 0 spiro atoms. The molecule has 4 atom stereocenters. The van der Waals surface area contributed by atoms with Crippen LogP contribution in [0.2, 0.25) is 0 Å². The van der Waals surface area contributed by atoms with Gasteiger partial charge in [-0.1, -0.05) is 68.3 Å². The lowest BCUT2D eigenvalue weighted by molar-refractivity contribution is -0.143. The molecule has 0 radical (unpaired) electrons. The van der Waals surface area contributed by atoms with Crippen molar-refractivity contribution in [1.29, 1.82) is 0 Å². The van der Waals surface area contributed by atoms with Crippen molar-refractivity contribution in [1.82, 2.24) is 0 Å². The van der Waals surface area contributed by atoms with Gasteiger partial charge >= 0.3 is 11.9 Å². The van der Waals surface area contributed by atoms with Gasteiger partial charge in [-0.3, -0.25) is 9.59 Å². The van der Waals surface area contributed by atoms with Crippen LogP contribution in [0.15, 0.2) is 54.6 Å². The second-order valence-electron chi connectivity index (χ2n) is 8.70. The highest BCUT2D eigenvalue weighted by atomic mass is 32.2. The van der Waals surface area contributed by atoms with E-state index in [1.165, 1.54) is 6.42 Å². The first-order valence-electron chi connectivity index (χ1n) is 12.6. The second-order valence-corrected chi connectivity index (χ2v) is 10.3. The van der Waals surface area contributed by atoms with Gasteiger partial charge in [0, 0.05) is 12.0 Å². The Bertz CT molecular complexity index is 776. The number of esters is 2. The second kappa shape index (κ2) is 16.6. The molecule has 34 heavy (non-hydrogen) atoms. The van der Waals surface area contributed by atoms with E-state index < -0.39 is 11.2 Å². The zero-order valence-corrected chi connectivity index (χ0v) is 21.5. The van der Waals surface area contributed by atoms with Gasteiger partial charge in [-0.05, 0) is 56.3 Å². The summed E-state index contributed by atoms with van der Waals surface area (Å²) < 4.78 is 23.8. The number of hydrogen-bond donors (Lipinski definition) is 0. The van der Waals surface area contributed by atoms with Crippen LogP contribution < -0.4 is 0 Å². The van der Waals surface area contributed by atoms with Gasteiger partial charge in [0.2, 0.25) is 0 Å². The Labute approximate surface area is 208 Å². The summed E-state index contributed by atoms with van der Waals surface area (Å²) in [7, 11) is 0. The fourth-order valence-corrected chi connectivity index (χ4v) is 5.79. The topological polar surface area (TPSA) is 75.7 Å². The summed E-state index contributed by atoms with van der Waals surface area (Å²) in [5, 5.41) is -0.226. The zero-order valence-electron chi connectivity index (χ0n) is 20.7. The minimum atomic E-state index is -1.15. The molecule has 5 nitrogen and oxygen atoms in total. The van der Waals surface area contributed by atoms with Crippen molar-refractivity contribution < 1.29 is 23.6 Å². The van der Waals surface area contributed by atoms with Crippen molar-refractivity contribution in [3.05, 3.63) is 60.2 Å². The van der Waals surface area contributed by atoms with E-state index >= 15 is 0 Å². The molecule has 1 aromatic carbocycles.